The molecule has 164 valence electrons. The van der Waals surface area contributed by atoms with E-state index in [0.29, 0.717) is 36.2 Å². The van der Waals surface area contributed by atoms with Gasteiger partial charge in [-0.1, -0.05) is 35.9 Å². The fourth-order valence-corrected chi connectivity index (χ4v) is 2.89. The lowest BCUT2D eigenvalue weighted by atomic mass is 10.1. The molecule has 6 nitrogen and oxygen atoms in total. The molecule has 0 atom stereocenters. The maximum atomic E-state index is 12.2. The number of carbonyl (C=O) groups excluding carboxylic acids is 1. The van der Waals surface area contributed by atoms with Gasteiger partial charge in [0.1, 0.15) is 5.75 Å². The van der Waals surface area contributed by atoms with E-state index in [1.165, 1.54) is 0 Å². The van der Waals surface area contributed by atoms with Gasteiger partial charge in [-0.05, 0) is 44.5 Å². The van der Waals surface area contributed by atoms with Gasteiger partial charge in [0, 0.05) is 32.2 Å². The highest BCUT2D eigenvalue weighted by atomic mass is 127. The van der Waals surface area contributed by atoms with E-state index < -0.39 is 0 Å². The van der Waals surface area contributed by atoms with Crippen molar-refractivity contribution in [2.75, 3.05) is 20.1 Å². The van der Waals surface area contributed by atoms with Gasteiger partial charge in [0.25, 0.3) is 5.91 Å². The molecule has 1 amide bonds. The smallest absolute Gasteiger partial charge is 0.252 e. The van der Waals surface area contributed by atoms with Crippen molar-refractivity contribution in [3.8, 4) is 5.75 Å². The number of rotatable bonds is 8. The average Bonchev–Trinajstić information content (AvgIpc) is 2.68. The number of aliphatic imine (C=N–C) groups is 1. The molecule has 0 aromatic heterocycles. The predicted molar refractivity (Wildman–Crippen MR) is 134 cm³/mol. The van der Waals surface area contributed by atoms with Gasteiger partial charge >= 0.3 is 0 Å². The van der Waals surface area contributed by atoms with Gasteiger partial charge in [-0.15, -0.1) is 24.0 Å². The number of nitrogens with one attached hydrogen (secondary N) is 3. The third-order valence-electron chi connectivity index (χ3n) is 4.08. The van der Waals surface area contributed by atoms with Crippen molar-refractivity contribution < 1.29 is 9.53 Å². The molecule has 0 aliphatic carbocycles. The molecule has 0 saturated carbocycles. The summed E-state index contributed by atoms with van der Waals surface area (Å²) < 4.78 is 5.91. The topological polar surface area (TPSA) is 74.8 Å². The van der Waals surface area contributed by atoms with Crippen LogP contribution in [-0.4, -0.2) is 38.1 Å². The van der Waals surface area contributed by atoms with Gasteiger partial charge in [-0.25, -0.2) is 0 Å². The molecule has 2 rings (SSSR count). The summed E-state index contributed by atoms with van der Waals surface area (Å²) in [7, 11) is 1.71. The summed E-state index contributed by atoms with van der Waals surface area (Å²) >= 11 is 6.04. The van der Waals surface area contributed by atoms with Crippen molar-refractivity contribution >= 4 is 47.4 Å². The lowest BCUT2D eigenvalue weighted by molar-refractivity contribution is 0.0954. The minimum atomic E-state index is -0.199. The summed E-state index contributed by atoms with van der Waals surface area (Å²) in [6, 6.07) is 13.1. The molecule has 0 aliphatic rings. The highest BCUT2D eigenvalue weighted by Crippen LogP contribution is 2.21. The minimum Gasteiger partial charge on any atom is -0.491 e. The van der Waals surface area contributed by atoms with Crippen molar-refractivity contribution in [1.29, 1.82) is 0 Å². The number of aryl methyl sites for hydroxylation is 1. The molecule has 30 heavy (non-hydrogen) atoms. The molecule has 0 bridgehead atoms. The number of guanidine groups is 1. The molecule has 2 aromatic carbocycles. The first-order chi connectivity index (χ1) is 13.9. The number of benzene rings is 2. The highest BCUT2D eigenvalue weighted by Gasteiger charge is 2.09. The first-order valence-corrected chi connectivity index (χ1v) is 10.0. The molecule has 0 heterocycles. The van der Waals surface area contributed by atoms with E-state index in [4.69, 9.17) is 16.3 Å². The van der Waals surface area contributed by atoms with Crippen molar-refractivity contribution in [1.82, 2.24) is 16.0 Å². The molecule has 0 unspecified atom stereocenters. The zero-order valence-electron chi connectivity index (χ0n) is 17.8. The molecule has 0 spiro atoms. The normalized spacial score (nSPS) is 10.9. The van der Waals surface area contributed by atoms with Crippen LogP contribution in [0.2, 0.25) is 5.02 Å². The number of carbonyl (C=O) groups is 1. The summed E-state index contributed by atoms with van der Waals surface area (Å²) in [6.07, 6.45) is 0.106. The molecular weight excluding hydrogens is 515 g/mol. The number of ether oxygens (including phenoxy) is 1. The van der Waals surface area contributed by atoms with Crippen LogP contribution in [0, 0.1) is 6.92 Å². The number of hydrogen-bond acceptors (Lipinski definition) is 3. The van der Waals surface area contributed by atoms with Gasteiger partial charge in [0.2, 0.25) is 0 Å². The predicted octanol–water partition coefficient (Wildman–Crippen LogP) is 4.15. The van der Waals surface area contributed by atoms with Gasteiger partial charge < -0.3 is 20.7 Å². The van der Waals surface area contributed by atoms with Gasteiger partial charge in [-0.2, -0.15) is 0 Å². The number of nitrogens with zero attached hydrogens (tertiary/aromatic N) is 1. The largest absolute Gasteiger partial charge is 0.491 e. The molecule has 2 aromatic rings. The summed E-state index contributed by atoms with van der Waals surface area (Å²) in [5.74, 6) is 1.32. The second-order valence-corrected chi connectivity index (χ2v) is 7.27. The summed E-state index contributed by atoms with van der Waals surface area (Å²) in [6.45, 7) is 7.61. The van der Waals surface area contributed by atoms with Crippen molar-refractivity contribution in [3.05, 3.63) is 64.2 Å². The lowest BCUT2D eigenvalue weighted by Crippen LogP contribution is -2.41. The van der Waals surface area contributed by atoms with E-state index in [1.54, 1.807) is 31.3 Å². The van der Waals surface area contributed by atoms with E-state index in [0.717, 1.165) is 16.9 Å². The molecular formula is C22H30ClIN4O2. The van der Waals surface area contributed by atoms with Crippen LogP contribution in [0.1, 0.15) is 35.3 Å². The van der Waals surface area contributed by atoms with Crippen molar-refractivity contribution in [3.63, 3.8) is 0 Å². The Labute approximate surface area is 200 Å². The monoisotopic (exact) mass is 544 g/mol. The van der Waals surface area contributed by atoms with Crippen LogP contribution in [0.4, 0.5) is 0 Å². The molecule has 0 fully saturated rings. The summed E-state index contributed by atoms with van der Waals surface area (Å²) in [5, 5.41) is 9.74. The SMILES string of the molecule is CN=C(NCCNC(=O)c1ccccc1Cl)NCc1ccc(C)cc1OC(C)C.I. The first kappa shape index (κ1) is 26.0. The fourth-order valence-electron chi connectivity index (χ4n) is 2.67. The zero-order valence-corrected chi connectivity index (χ0v) is 20.9. The summed E-state index contributed by atoms with van der Waals surface area (Å²) in [4.78, 5) is 16.4. The first-order valence-electron chi connectivity index (χ1n) is 9.64. The van der Waals surface area contributed by atoms with Crippen molar-refractivity contribution in [2.24, 2.45) is 4.99 Å². The Morgan fingerprint density at radius 1 is 1.10 bits per heavy atom. The number of halogens is 2. The van der Waals surface area contributed by atoms with Crippen LogP contribution in [0.15, 0.2) is 47.5 Å². The average molecular weight is 545 g/mol. The Bertz CT molecular complexity index is 859. The van der Waals surface area contributed by atoms with E-state index in [2.05, 4.69) is 33.1 Å². The second-order valence-electron chi connectivity index (χ2n) is 6.87. The van der Waals surface area contributed by atoms with Gasteiger partial charge in [0.05, 0.1) is 16.7 Å². The maximum Gasteiger partial charge on any atom is 0.252 e. The van der Waals surface area contributed by atoms with Gasteiger partial charge in [0.15, 0.2) is 5.96 Å². The van der Waals surface area contributed by atoms with Crippen LogP contribution in [0.3, 0.4) is 0 Å². The van der Waals surface area contributed by atoms with Crippen LogP contribution in [0.25, 0.3) is 0 Å². The Balaban J connectivity index is 0.00000450. The third-order valence-corrected chi connectivity index (χ3v) is 4.41. The van der Waals surface area contributed by atoms with E-state index >= 15 is 0 Å². The van der Waals surface area contributed by atoms with Crippen LogP contribution in [-0.2, 0) is 6.54 Å². The Hall–Kier alpha value is -2.00. The quantitative estimate of drug-likeness (QED) is 0.202. The third kappa shape index (κ3) is 8.39. The van der Waals surface area contributed by atoms with Gasteiger partial charge in [-0.3, -0.25) is 9.79 Å². The number of amides is 1. The number of hydrogen-bond donors (Lipinski definition) is 3. The Morgan fingerprint density at radius 3 is 2.47 bits per heavy atom. The Morgan fingerprint density at radius 2 is 1.80 bits per heavy atom. The molecule has 0 saturated heterocycles. The molecule has 0 aliphatic heterocycles. The summed E-state index contributed by atoms with van der Waals surface area (Å²) in [5.41, 5.74) is 2.68. The zero-order chi connectivity index (χ0) is 21.2. The molecule has 0 radical (unpaired) electrons. The lowest BCUT2D eigenvalue weighted by Gasteiger charge is -2.17. The van der Waals surface area contributed by atoms with E-state index in [9.17, 15) is 4.79 Å². The van der Waals surface area contributed by atoms with Crippen LogP contribution >= 0.6 is 35.6 Å². The maximum absolute atomic E-state index is 12.2. The van der Waals surface area contributed by atoms with E-state index in [1.807, 2.05) is 26.8 Å². The minimum absolute atomic E-state index is 0. The Kier molecular flexibility index (Phi) is 11.6. The standard InChI is InChI=1S/C22H29ClN4O2.HI/c1-15(2)29-20-13-16(3)9-10-17(20)14-27-22(24-4)26-12-11-25-21(28)18-7-5-6-8-19(18)23;/h5-10,13,15H,11-12,14H2,1-4H3,(H,25,28)(H2,24,26,27);1H. The highest BCUT2D eigenvalue weighted by molar-refractivity contribution is 14.0. The van der Waals surface area contributed by atoms with E-state index in [-0.39, 0.29) is 36.0 Å². The molecule has 8 heteroatoms. The van der Waals surface area contributed by atoms with Crippen LogP contribution < -0.4 is 20.7 Å². The van der Waals surface area contributed by atoms with Crippen LogP contribution in [0.5, 0.6) is 5.75 Å². The molecule has 3 N–H and O–H groups in total. The van der Waals surface area contributed by atoms with Crippen molar-refractivity contribution in [2.45, 2.75) is 33.4 Å². The fraction of sp³-hybridized carbons (Fsp3) is 0.364. The second kappa shape index (κ2) is 13.3.